The molecule has 0 spiro atoms. The maximum absolute atomic E-state index is 3.43. The van der Waals surface area contributed by atoms with Gasteiger partial charge in [-0.1, -0.05) is 19.3 Å². The van der Waals surface area contributed by atoms with Crippen LogP contribution in [0.2, 0.25) is 0 Å². The lowest BCUT2D eigenvalue weighted by molar-refractivity contribution is 0.153. The molecule has 2 rings (SSSR count). The molecule has 0 bridgehead atoms. The Morgan fingerprint density at radius 3 is 2.60 bits per heavy atom. The SMILES string of the molecule is CN[C@H]1CCCN(CC2CCCCC2)C1. The first-order valence-electron chi connectivity index (χ1n) is 6.78. The van der Waals surface area contributed by atoms with E-state index < -0.39 is 0 Å². The largest absolute Gasteiger partial charge is 0.316 e. The minimum atomic E-state index is 0.752. The van der Waals surface area contributed by atoms with Gasteiger partial charge in [-0.3, -0.25) is 0 Å². The normalized spacial score (nSPS) is 30.6. The molecular formula is C13H26N2. The van der Waals surface area contributed by atoms with Gasteiger partial charge >= 0.3 is 0 Å². The van der Waals surface area contributed by atoms with Gasteiger partial charge in [-0.05, 0) is 45.2 Å². The second-order valence-electron chi connectivity index (χ2n) is 5.39. The molecule has 0 aromatic heterocycles. The Morgan fingerprint density at radius 2 is 1.87 bits per heavy atom. The highest BCUT2D eigenvalue weighted by Crippen LogP contribution is 2.25. The zero-order valence-electron chi connectivity index (χ0n) is 10.2. The summed E-state index contributed by atoms with van der Waals surface area (Å²) in [5.74, 6) is 1.01. The van der Waals surface area contributed by atoms with E-state index in [9.17, 15) is 0 Å². The molecule has 0 aromatic carbocycles. The van der Waals surface area contributed by atoms with Gasteiger partial charge in [0, 0.05) is 19.1 Å². The van der Waals surface area contributed by atoms with E-state index in [2.05, 4.69) is 17.3 Å². The minimum Gasteiger partial charge on any atom is -0.316 e. The maximum atomic E-state index is 3.43. The monoisotopic (exact) mass is 210 g/mol. The molecule has 1 heterocycles. The van der Waals surface area contributed by atoms with Crippen molar-refractivity contribution in [3.8, 4) is 0 Å². The Balaban J connectivity index is 1.72. The Hall–Kier alpha value is -0.0800. The van der Waals surface area contributed by atoms with Crippen LogP contribution in [0.1, 0.15) is 44.9 Å². The summed E-state index contributed by atoms with van der Waals surface area (Å²) in [4.78, 5) is 2.70. The van der Waals surface area contributed by atoms with Crippen molar-refractivity contribution >= 4 is 0 Å². The highest BCUT2D eigenvalue weighted by molar-refractivity contribution is 4.79. The number of rotatable bonds is 3. The lowest BCUT2D eigenvalue weighted by Crippen LogP contribution is -2.46. The molecule has 1 saturated heterocycles. The van der Waals surface area contributed by atoms with Gasteiger partial charge in [-0.15, -0.1) is 0 Å². The van der Waals surface area contributed by atoms with Gasteiger partial charge in [0.2, 0.25) is 0 Å². The summed E-state index contributed by atoms with van der Waals surface area (Å²) >= 11 is 0. The first kappa shape index (κ1) is 11.4. The Morgan fingerprint density at radius 1 is 1.07 bits per heavy atom. The predicted octanol–water partition coefficient (Wildman–Crippen LogP) is 2.25. The zero-order valence-corrected chi connectivity index (χ0v) is 10.2. The number of likely N-dealkylation sites (tertiary alicyclic amines) is 1. The van der Waals surface area contributed by atoms with Crippen LogP contribution in [0.3, 0.4) is 0 Å². The molecule has 1 saturated carbocycles. The highest BCUT2D eigenvalue weighted by atomic mass is 15.2. The summed E-state index contributed by atoms with van der Waals surface area (Å²) in [6.45, 7) is 4.00. The van der Waals surface area contributed by atoms with Crippen molar-refractivity contribution in [2.75, 3.05) is 26.7 Å². The number of hydrogen-bond acceptors (Lipinski definition) is 2. The van der Waals surface area contributed by atoms with E-state index in [0.717, 1.165) is 12.0 Å². The summed E-state index contributed by atoms with van der Waals surface area (Å²) in [5, 5.41) is 3.43. The van der Waals surface area contributed by atoms with Crippen LogP contribution in [0, 0.1) is 5.92 Å². The number of likely N-dealkylation sites (N-methyl/N-ethyl adjacent to an activating group) is 1. The minimum absolute atomic E-state index is 0.752. The molecule has 0 aromatic rings. The van der Waals surface area contributed by atoms with E-state index >= 15 is 0 Å². The van der Waals surface area contributed by atoms with Crippen LogP contribution in [-0.2, 0) is 0 Å². The molecule has 2 heteroatoms. The number of piperidine rings is 1. The summed E-state index contributed by atoms with van der Waals surface area (Å²) < 4.78 is 0. The summed E-state index contributed by atoms with van der Waals surface area (Å²) in [7, 11) is 2.11. The Labute approximate surface area is 94.4 Å². The Kier molecular flexibility index (Phi) is 4.45. The number of hydrogen-bond donors (Lipinski definition) is 1. The third kappa shape index (κ3) is 3.46. The van der Waals surface area contributed by atoms with Crippen LogP contribution in [-0.4, -0.2) is 37.6 Å². The first-order chi connectivity index (χ1) is 7.38. The van der Waals surface area contributed by atoms with Crippen LogP contribution in [0.25, 0.3) is 0 Å². The molecule has 1 aliphatic carbocycles. The number of nitrogens with zero attached hydrogens (tertiary/aromatic N) is 1. The molecule has 1 N–H and O–H groups in total. The zero-order chi connectivity index (χ0) is 10.5. The lowest BCUT2D eigenvalue weighted by atomic mass is 9.88. The average Bonchev–Trinajstić information content (AvgIpc) is 2.31. The summed E-state index contributed by atoms with van der Waals surface area (Å²) in [6, 6.07) is 0.752. The van der Waals surface area contributed by atoms with E-state index in [4.69, 9.17) is 0 Å². The molecule has 15 heavy (non-hydrogen) atoms. The van der Waals surface area contributed by atoms with Crippen molar-refractivity contribution in [2.24, 2.45) is 5.92 Å². The molecule has 0 amide bonds. The molecule has 2 nitrogen and oxygen atoms in total. The molecular weight excluding hydrogens is 184 g/mol. The molecule has 0 unspecified atom stereocenters. The second-order valence-corrected chi connectivity index (χ2v) is 5.39. The standard InChI is InChI=1S/C13H26N2/c1-14-13-8-5-9-15(11-13)10-12-6-3-2-4-7-12/h12-14H,2-11H2,1H3/t13-/m0/s1. The van der Waals surface area contributed by atoms with Gasteiger partial charge in [0.1, 0.15) is 0 Å². The van der Waals surface area contributed by atoms with E-state index in [1.807, 2.05) is 0 Å². The fraction of sp³-hybridized carbons (Fsp3) is 1.00. The van der Waals surface area contributed by atoms with E-state index in [1.54, 1.807) is 0 Å². The molecule has 0 radical (unpaired) electrons. The van der Waals surface area contributed by atoms with Crippen LogP contribution in [0.15, 0.2) is 0 Å². The molecule has 1 atom stereocenters. The third-order valence-corrected chi connectivity index (χ3v) is 4.15. The molecule has 2 aliphatic rings. The van der Waals surface area contributed by atoms with Crippen LogP contribution in [0.5, 0.6) is 0 Å². The fourth-order valence-electron chi connectivity index (χ4n) is 3.19. The number of nitrogens with one attached hydrogen (secondary N) is 1. The summed E-state index contributed by atoms with van der Waals surface area (Å²) in [5.41, 5.74) is 0. The fourth-order valence-corrected chi connectivity index (χ4v) is 3.19. The van der Waals surface area contributed by atoms with Crippen molar-refractivity contribution in [3.63, 3.8) is 0 Å². The van der Waals surface area contributed by atoms with Gasteiger partial charge in [-0.25, -0.2) is 0 Å². The molecule has 2 fully saturated rings. The summed E-state index contributed by atoms with van der Waals surface area (Å²) in [6.07, 6.45) is 10.2. The topological polar surface area (TPSA) is 15.3 Å². The first-order valence-corrected chi connectivity index (χ1v) is 6.78. The van der Waals surface area contributed by atoms with Gasteiger partial charge < -0.3 is 10.2 Å². The van der Waals surface area contributed by atoms with Crippen LogP contribution >= 0.6 is 0 Å². The quantitative estimate of drug-likeness (QED) is 0.768. The van der Waals surface area contributed by atoms with Crippen molar-refractivity contribution in [2.45, 2.75) is 51.0 Å². The average molecular weight is 210 g/mol. The van der Waals surface area contributed by atoms with Crippen molar-refractivity contribution in [1.82, 2.24) is 10.2 Å². The third-order valence-electron chi connectivity index (χ3n) is 4.15. The maximum Gasteiger partial charge on any atom is 0.0192 e. The Bertz CT molecular complexity index is 175. The van der Waals surface area contributed by atoms with Crippen LogP contribution < -0.4 is 5.32 Å². The van der Waals surface area contributed by atoms with Crippen molar-refractivity contribution in [3.05, 3.63) is 0 Å². The van der Waals surface area contributed by atoms with Gasteiger partial charge in [0.15, 0.2) is 0 Å². The van der Waals surface area contributed by atoms with Crippen molar-refractivity contribution in [1.29, 1.82) is 0 Å². The smallest absolute Gasteiger partial charge is 0.0192 e. The van der Waals surface area contributed by atoms with E-state index in [1.165, 1.54) is 64.6 Å². The lowest BCUT2D eigenvalue weighted by Gasteiger charge is -2.35. The van der Waals surface area contributed by atoms with E-state index in [-0.39, 0.29) is 0 Å². The highest BCUT2D eigenvalue weighted by Gasteiger charge is 2.22. The van der Waals surface area contributed by atoms with Crippen LogP contribution in [0.4, 0.5) is 0 Å². The predicted molar refractivity (Wildman–Crippen MR) is 65.1 cm³/mol. The van der Waals surface area contributed by atoms with Crippen molar-refractivity contribution < 1.29 is 0 Å². The molecule has 88 valence electrons. The van der Waals surface area contributed by atoms with Gasteiger partial charge in [0.05, 0.1) is 0 Å². The molecule has 1 aliphatic heterocycles. The van der Waals surface area contributed by atoms with E-state index in [0.29, 0.717) is 0 Å². The second kappa shape index (κ2) is 5.86. The van der Waals surface area contributed by atoms with Gasteiger partial charge in [-0.2, -0.15) is 0 Å². The van der Waals surface area contributed by atoms with Gasteiger partial charge in [0.25, 0.3) is 0 Å².